The summed E-state index contributed by atoms with van der Waals surface area (Å²) < 4.78 is 11.3. The summed E-state index contributed by atoms with van der Waals surface area (Å²) in [6, 6.07) is 10.7. The van der Waals surface area contributed by atoms with Gasteiger partial charge >= 0.3 is 0 Å². The van der Waals surface area contributed by atoms with Gasteiger partial charge in [-0.05, 0) is 31.0 Å². The predicted octanol–water partition coefficient (Wildman–Crippen LogP) is 1.61. The first-order chi connectivity index (χ1) is 12.7. The molecule has 0 spiro atoms. The Labute approximate surface area is 152 Å². The highest BCUT2D eigenvalue weighted by molar-refractivity contribution is 5.82. The second-order valence-corrected chi connectivity index (χ2v) is 6.05. The first-order valence-electron chi connectivity index (χ1n) is 8.69. The van der Waals surface area contributed by atoms with Crippen molar-refractivity contribution in [2.75, 3.05) is 13.2 Å². The maximum absolute atomic E-state index is 12.0. The van der Waals surface area contributed by atoms with Crippen molar-refractivity contribution < 1.29 is 19.4 Å². The maximum Gasteiger partial charge on any atom is 0.237 e. The normalized spacial score (nSPS) is 19.2. The van der Waals surface area contributed by atoms with Gasteiger partial charge in [0.15, 0.2) is 11.5 Å². The molecular formula is C19H23N3O4. The van der Waals surface area contributed by atoms with Crippen molar-refractivity contribution in [2.24, 2.45) is 0 Å². The fraction of sp³-hybridized carbons (Fsp3) is 0.368. The molecule has 0 radical (unpaired) electrons. The Bertz CT molecular complexity index is 736. The number of pyridine rings is 1. The molecule has 1 aliphatic rings. The SMILES string of the molecule is CCOc1ccccc1Oc1ccc(CNC(=O)C2CC(O)CN2)cn1. The van der Waals surface area contributed by atoms with E-state index in [1.807, 2.05) is 37.3 Å². The molecule has 2 heterocycles. The van der Waals surface area contributed by atoms with Gasteiger partial charge in [-0.1, -0.05) is 18.2 Å². The van der Waals surface area contributed by atoms with Crippen LogP contribution >= 0.6 is 0 Å². The lowest BCUT2D eigenvalue weighted by Gasteiger charge is -2.12. The number of aromatic nitrogens is 1. The molecule has 2 atom stereocenters. The Morgan fingerprint density at radius 1 is 1.31 bits per heavy atom. The Morgan fingerprint density at radius 3 is 2.77 bits per heavy atom. The second kappa shape index (κ2) is 8.64. The van der Waals surface area contributed by atoms with Crippen LogP contribution in [0.1, 0.15) is 18.9 Å². The number of nitrogens with one attached hydrogen (secondary N) is 2. The average Bonchev–Trinajstić information content (AvgIpc) is 3.09. The topological polar surface area (TPSA) is 92.7 Å². The summed E-state index contributed by atoms with van der Waals surface area (Å²) in [7, 11) is 0. The summed E-state index contributed by atoms with van der Waals surface area (Å²) in [6.45, 7) is 3.30. The molecule has 1 aliphatic heterocycles. The molecule has 0 aliphatic carbocycles. The molecule has 1 aromatic heterocycles. The third-order valence-corrected chi connectivity index (χ3v) is 4.05. The van der Waals surface area contributed by atoms with Crippen LogP contribution in [0, 0.1) is 0 Å². The predicted molar refractivity (Wildman–Crippen MR) is 96.2 cm³/mol. The summed E-state index contributed by atoms with van der Waals surface area (Å²) >= 11 is 0. The number of aliphatic hydroxyl groups excluding tert-OH is 1. The molecule has 2 unspecified atom stereocenters. The van der Waals surface area contributed by atoms with Crippen LogP contribution in [-0.2, 0) is 11.3 Å². The third kappa shape index (κ3) is 4.71. The van der Waals surface area contributed by atoms with E-state index < -0.39 is 6.10 Å². The molecule has 3 N–H and O–H groups in total. The highest BCUT2D eigenvalue weighted by Crippen LogP contribution is 2.30. The molecule has 1 fully saturated rings. The number of rotatable bonds is 7. The summed E-state index contributed by atoms with van der Waals surface area (Å²) in [4.78, 5) is 16.3. The van der Waals surface area contributed by atoms with E-state index >= 15 is 0 Å². The number of amides is 1. The molecular weight excluding hydrogens is 334 g/mol. The number of ether oxygens (including phenoxy) is 2. The van der Waals surface area contributed by atoms with Gasteiger partial charge in [-0.25, -0.2) is 4.98 Å². The maximum atomic E-state index is 12.0. The number of hydrogen-bond acceptors (Lipinski definition) is 6. The van der Waals surface area contributed by atoms with E-state index in [0.717, 1.165) is 5.56 Å². The van der Waals surface area contributed by atoms with E-state index in [9.17, 15) is 9.90 Å². The number of para-hydroxylation sites is 2. The van der Waals surface area contributed by atoms with Crippen LogP contribution in [0.4, 0.5) is 0 Å². The van der Waals surface area contributed by atoms with Crippen LogP contribution < -0.4 is 20.1 Å². The van der Waals surface area contributed by atoms with Crippen molar-refractivity contribution in [3.05, 3.63) is 48.2 Å². The first-order valence-corrected chi connectivity index (χ1v) is 8.69. The van der Waals surface area contributed by atoms with Crippen LogP contribution in [0.25, 0.3) is 0 Å². The van der Waals surface area contributed by atoms with Gasteiger partial charge in [-0.2, -0.15) is 0 Å². The van der Waals surface area contributed by atoms with E-state index in [4.69, 9.17) is 9.47 Å². The lowest BCUT2D eigenvalue weighted by atomic mass is 10.2. The van der Waals surface area contributed by atoms with E-state index in [1.54, 1.807) is 12.3 Å². The molecule has 2 aromatic rings. The Morgan fingerprint density at radius 2 is 2.12 bits per heavy atom. The van der Waals surface area contributed by atoms with Gasteiger partial charge in [0.2, 0.25) is 11.8 Å². The van der Waals surface area contributed by atoms with Crippen molar-refractivity contribution in [1.82, 2.24) is 15.6 Å². The molecule has 7 nitrogen and oxygen atoms in total. The number of aliphatic hydroxyl groups is 1. The van der Waals surface area contributed by atoms with Gasteiger partial charge in [-0.3, -0.25) is 4.79 Å². The van der Waals surface area contributed by atoms with Crippen molar-refractivity contribution in [2.45, 2.75) is 32.0 Å². The van der Waals surface area contributed by atoms with E-state index in [-0.39, 0.29) is 11.9 Å². The highest BCUT2D eigenvalue weighted by Gasteiger charge is 2.27. The zero-order valence-corrected chi connectivity index (χ0v) is 14.6. The quantitative estimate of drug-likeness (QED) is 0.697. The zero-order valence-electron chi connectivity index (χ0n) is 14.6. The second-order valence-electron chi connectivity index (χ2n) is 6.05. The average molecular weight is 357 g/mol. The minimum Gasteiger partial charge on any atom is -0.490 e. The minimum atomic E-state index is -0.455. The van der Waals surface area contributed by atoms with Gasteiger partial charge < -0.3 is 25.2 Å². The van der Waals surface area contributed by atoms with E-state index in [2.05, 4.69) is 15.6 Å². The molecule has 3 rings (SSSR count). The molecule has 1 aromatic carbocycles. The zero-order chi connectivity index (χ0) is 18.4. The lowest BCUT2D eigenvalue weighted by Crippen LogP contribution is -2.40. The van der Waals surface area contributed by atoms with Crippen LogP contribution in [0.15, 0.2) is 42.6 Å². The van der Waals surface area contributed by atoms with Gasteiger partial charge in [-0.15, -0.1) is 0 Å². The summed E-state index contributed by atoms with van der Waals surface area (Å²) in [5.74, 6) is 1.61. The van der Waals surface area contributed by atoms with E-state index in [1.165, 1.54) is 0 Å². The van der Waals surface area contributed by atoms with Gasteiger partial charge in [0.1, 0.15) is 0 Å². The third-order valence-electron chi connectivity index (χ3n) is 4.05. The number of nitrogens with zero attached hydrogens (tertiary/aromatic N) is 1. The monoisotopic (exact) mass is 357 g/mol. The summed E-state index contributed by atoms with van der Waals surface area (Å²) in [5.41, 5.74) is 0.863. The number of hydrogen-bond donors (Lipinski definition) is 3. The molecule has 0 saturated carbocycles. The van der Waals surface area contributed by atoms with Crippen LogP contribution in [0.5, 0.6) is 17.4 Å². The van der Waals surface area contributed by atoms with Crippen molar-refractivity contribution in [1.29, 1.82) is 0 Å². The Balaban J connectivity index is 1.54. The van der Waals surface area contributed by atoms with Crippen LogP contribution in [0.3, 0.4) is 0 Å². The molecule has 138 valence electrons. The summed E-state index contributed by atoms with van der Waals surface area (Å²) in [5, 5.41) is 15.3. The van der Waals surface area contributed by atoms with E-state index in [0.29, 0.717) is 43.5 Å². The molecule has 1 saturated heterocycles. The smallest absolute Gasteiger partial charge is 0.237 e. The fourth-order valence-corrected chi connectivity index (χ4v) is 2.73. The molecule has 26 heavy (non-hydrogen) atoms. The highest BCUT2D eigenvalue weighted by atomic mass is 16.5. The summed E-state index contributed by atoms with van der Waals surface area (Å²) in [6.07, 6.45) is 1.65. The van der Waals surface area contributed by atoms with Gasteiger partial charge in [0.05, 0.1) is 18.8 Å². The Kier molecular flexibility index (Phi) is 6.04. The number of benzene rings is 1. The largest absolute Gasteiger partial charge is 0.490 e. The van der Waals surface area contributed by atoms with Crippen LogP contribution in [0.2, 0.25) is 0 Å². The minimum absolute atomic E-state index is 0.118. The number of carbonyl (C=O) groups is 1. The van der Waals surface area contributed by atoms with Crippen LogP contribution in [-0.4, -0.2) is 41.3 Å². The van der Waals surface area contributed by atoms with Crippen molar-refractivity contribution >= 4 is 5.91 Å². The van der Waals surface area contributed by atoms with Crippen molar-refractivity contribution in [3.8, 4) is 17.4 Å². The first kappa shape index (κ1) is 18.2. The number of β-amino-alcohol motifs (C(OH)–C–C–N with tert-alkyl or cyclic N) is 1. The molecule has 7 heteroatoms. The molecule has 0 bridgehead atoms. The fourth-order valence-electron chi connectivity index (χ4n) is 2.73. The standard InChI is InChI=1S/C19H23N3O4/c1-2-25-16-5-3-4-6-17(16)26-18-8-7-13(10-21-18)11-22-19(24)15-9-14(23)12-20-15/h3-8,10,14-15,20,23H,2,9,11-12H2,1H3,(H,22,24). The van der Waals surface area contributed by atoms with Crippen molar-refractivity contribution in [3.63, 3.8) is 0 Å². The van der Waals surface area contributed by atoms with Gasteiger partial charge in [0, 0.05) is 25.4 Å². The molecule has 1 amide bonds. The van der Waals surface area contributed by atoms with Gasteiger partial charge in [0.25, 0.3) is 0 Å². The lowest BCUT2D eigenvalue weighted by molar-refractivity contribution is -0.123. The Hall–Kier alpha value is -2.64. The number of carbonyl (C=O) groups excluding carboxylic acids is 1.